The molecule has 1 aliphatic rings. The first-order valence-electron chi connectivity index (χ1n) is 5.46. The van der Waals surface area contributed by atoms with Gasteiger partial charge in [-0.25, -0.2) is 0 Å². The highest BCUT2D eigenvalue weighted by molar-refractivity contribution is 6.30. The molecule has 2 rings (SSSR count). The number of hydrogen-bond donors (Lipinski definition) is 0. The molecule has 0 amide bonds. The van der Waals surface area contributed by atoms with Gasteiger partial charge in [-0.2, -0.15) is 5.26 Å². The number of benzene rings is 1. The van der Waals surface area contributed by atoms with Gasteiger partial charge in [0, 0.05) is 5.02 Å². The molecule has 1 aromatic carbocycles. The van der Waals surface area contributed by atoms with E-state index in [9.17, 15) is 0 Å². The Morgan fingerprint density at radius 1 is 1.13 bits per heavy atom. The third-order valence-electron chi connectivity index (χ3n) is 3.23. The van der Waals surface area contributed by atoms with E-state index in [0.717, 1.165) is 17.9 Å². The summed E-state index contributed by atoms with van der Waals surface area (Å²) in [5.41, 5.74) is 1.27. The average Bonchev–Trinajstić information content (AvgIpc) is 2.30. The van der Waals surface area contributed by atoms with Crippen LogP contribution in [0.3, 0.4) is 0 Å². The van der Waals surface area contributed by atoms with Gasteiger partial charge in [-0.3, -0.25) is 0 Å². The Morgan fingerprint density at radius 2 is 1.80 bits per heavy atom. The van der Waals surface area contributed by atoms with Crippen molar-refractivity contribution in [2.24, 2.45) is 5.92 Å². The Kier molecular flexibility index (Phi) is 3.28. The summed E-state index contributed by atoms with van der Waals surface area (Å²) in [5, 5.41) is 9.87. The molecule has 0 radical (unpaired) electrons. The van der Waals surface area contributed by atoms with Crippen molar-refractivity contribution < 1.29 is 0 Å². The molecule has 1 nitrogen and oxygen atoms in total. The number of hydrogen-bond acceptors (Lipinski definition) is 1. The molecule has 2 heteroatoms. The van der Waals surface area contributed by atoms with Gasteiger partial charge in [0.1, 0.15) is 0 Å². The van der Waals surface area contributed by atoms with Crippen LogP contribution in [0.1, 0.15) is 37.2 Å². The summed E-state index contributed by atoms with van der Waals surface area (Å²) in [5.74, 6) is 0.612. The Hall–Kier alpha value is -1.00. The first-order valence-corrected chi connectivity index (χ1v) is 5.84. The van der Waals surface area contributed by atoms with Gasteiger partial charge < -0.3 is 0 Å². The van der Waals surface area contributed by atoms with Crippen molar-refractivity contribution in [3.63, 3.8) is 0 Å². The number of nitriles is 1. The van der Waals surface area contributed by atoms with E-state index in [4.69, 9.17) is 16.9 Å². The third kappa shape index (κ3) is 2.33. The molecule has 0 bridgehead atoms. The number of rotatable bonds is 1. The standard InChI is InChI=1S/C13H14ClN/c14-12-7-5-10(6-8-12)13-4-2-1-3-11(13)9-15/h5-8,11,13H,1-4H2. The maximum absolute atomic E-state index is 9.10. The molecule has 1 aromatic rings. The van der Waals surface area contributed by atoms with Gasteiger partial charge in [0.15, 0.2) is 0 Å². The molecule has 78 valence electrons. The van der Waals surface area contributed by atoms with Crippen molar-refractivity contribution >= 4 is 11.6 Å². The fourth-order valence-electron chi connectivity index (χ4n) is 2.39. The second-order valence-corrected chi connectivity index (χ2v) is 4.61. The van der Waals surface area contributed by atoms with E-state index in [1.165, 1.54) is 18.4 Å². The fraction of sp³-hybridized carbons (Fsp3) is 0.462. The van der Waals surface area contributed by atoms with Gasteiger partial charge in [-0.05, 0) is 36.5 Å². The van der Waals surface area contributed by atoms with Crippen molar-refractivity contribution in [3.05, 3.63) is 34.9 Å². The normalized spacial score (nSPS) is 25.9. The maximum atomic E-state index is 9.10. The summed E-state index contributed by atoms with van der Waals surface area (Å²) in [6, 6.07) is 10.4. The quantitative estimate of drug-likeness (QED) is 0.697. The SMILES string of the molecule is N#CC1CCCCC1c1ccc(Cl)cc1. The Bertz CT molecular complexity index is 363. The predicted molar refractivity (Wildman–Crippen MR) is 61.8 cm³/mol. The fourth-order valence-corrected chi connectivity index (χ4v) is 2.52. The topological polar surface area (TPSA) is 23.8 Å². The van der Waals surface area contributed by atoms with E-state index in [1.54, 1.807) is 0 Å². The predicted octanol–water partition coefficient (Wildman–Crippen LogP) is 4.14. The van der Waals surface area contributed by atoms with Crippen molar-refractivity contribution in [1.82, 2.24) is 0 Å². The van der Waals surface area contributed by atoms with E-state index in [2.05, 4.69) is 18.2 Å². The minimum absolute atomic E-state index is 0.194. The zero-order valence-electron chi connectivity index (χ0n) is 8.62. The van der Waals surface area contributed by atoms with Gasteiger partial charge in [-0.1, -0.05) is 36.6 Å². The van der Waals surface area contributed by atoms with Crippen LogP contribution in [0.4, 0.5) is 0 Å². The minimum atomic E-state index is 0.194. The molecule has 1 saturated carbocycles. The van der Waals surface area contributed by atoms with Crippen LogP contribution in [0, 0.1) is 17.2 Å². The molecule has 0 aromatic heterocycles. The van der Waals surface area contributed by atoms with Gasteiger partial charge in [0.2, 0.25) is 0 Å². The first-order chi connectivity index (χ1) is 7.31. The Morgan fingerprint density at radius 3 is 2.47 bits per heavy atom. The summed E-state index contributed by atoms with van der Waals surface area (Å²) in [7, 11) is 0. The van der Waals surface area contributed by atoms with Crippen LogP contribution >= 0.6 is 11.6 Å². The largest absolute Gasteiger partial charge is 0.198 e. The molecule has 2 unspecified atom stereocenters. The monoisotopic (exact) mass is 219 g/mol. The van der Waals surface area contributed by atoms with Gasteiger partial charge in [-0.15, -0.1) is 0 Å². The molecule has 1 aliphatic carbocycles. The lowest BCUT2D eigenvalue weighted by molar-refractivity contribution is 0.369. The summed E-state index contributed by atoms with van der Waals surface area (Å²) in [6.07, 6.45) is 4.62. The zero-order valence-corrected chi connectivity index (χ0v) is 9.37. The molecule has 2 atom stereocenters. The van der Waals surface area contributed by atoms with Crippen LogP contribution in [0.15, 0.2) is 24.3 Å². The molecular formula is C13H14ClN. The van der Waals surface area contributed by atoms with E-state index < -0.39 is 0 Å². The molecule has 0 heterocycles. The molecule has 0 aliphatic heterocycles. The van der Waals surface area contributed by atoms with Crippen molar-refractivity contribution in [1.29, 1.82) is 5.26 Å². The molecular weight excluding hydrogens is 206 g/mol. The summed E-state index contributed by atoms with van der Waals surface area (Å²) in [6.45, 7) is 0. The summed E-state index contributed by atoms with van der Waals surface area (Å²) >= 11 is 5.86. The number of nitrogens with zero attached hydrogens (tertiary/aromatic N) is 1. The maximum Gasteiger partial charge on any atom is 0.0662 e. The van der Waals surface area contributed by atoms with Crippen molar-refractivity contribution in [2.75, 3.05) is 0 Å². The van der Waals surface area contributed by atoms with Crippen molar-refractivity contribution in [2.45, 2.75) is 31.6 Å². The van der Waals surface area contributed by atoms with Crippen LogP contribution < -0.4 is 0 Å². The first kappa shape index (κ1) is 10.5. The van der Waals surface area contributed by atoms with Crippen LogP contribution in [0.5, 0.6) is 0 Å². The van der Waals surface area contributed by atoms with Gasteiger partial charge in [0.05, 0.1) is 12.0 Å². The third-order valence-corrected chi connectivity index (χ3v) is 3.48. The molecule has 0 spiro atoms. The minimum Gasteiger partial charge on any atom is -0.198 e. The smallest absolute Gasteiger partial charge is 0.0662 e. The Labute approximate surface area is 95.7 Å². The second kappa shape index (κ2) is 4.68. The summed E-state index contributed by atoms with van der Waals surface area (Å²) in [4.78, 5) is 0. The highest BCUT2D eigenvalue weighted by Gasteiger charge is 2.25. The van der Waals surface area contributed by atoms with Crippen molar-refractivity contribution in [3.8, 4) is 6.07 Å². The highest BCUT2D eigenvalue weighted by Crippen LogP contribution is 2.37. The lowest BCUT2D eigenvalue weighted by Gasteiger charge is -2.27. The zero-order chi connectivity index (χ0) is 10.7. The average molecular weight is 220 g/mol. The second-order valence-electron chi connectivity index (χ2n) is 4.18. The van der Waals surface area contributed by atoms with Crippen LogP contribution in [0.2, 0.25) is 5.02 Å². The van der Waals surface area contributed by atoms with E-state index in [1.807, 2.05) is 12.1 Å². The van der Waals surface area contributed by atoms with E-state index >= 15 is 0 Å². The molecule has 15 heavy (non-hydrogen) atoms. The van der Waals surface area contributed by atoms with Crippen LogP contribution in [0.25, 0.3) is 0 Å². The number of halogens is 1. The molecule has 0 N–H and O–H groups in total. The van der Waals surface area contributed by atoms with Gasteiger partial charge in [0.25, 0.3) is 0 Å². The lowest BCUT2D eigenvalue weighted by Crippen LogP contribution is -2.15. The van der Waals surface area contributed by atoms with Crippen LogP contribution in [-0.2, 0) is 0 Å². The highest BCUT2D eigenvalue weighted by atomic mass is 35.5. The lowest BCUT2D eigenvalue weighted by atomic mass is 9.76. The van der Waals surface area contributed by atoms with Crippen LogP contribution in [-0.4, -0.2) is 0 Å². The van der Waals surface area contributed by atoms with E-state index in [-0.39, 0.29) is 5.92 Å². The van der Waals surface area contributed by atoms with Gasteiger partial charge >= 0.3 is 0 Å². The summed E-state index contributed by atoms with van der Waals surface area (Å²) < 4.78 is 0. The molecule has 0 saturated heterocycles. The molecule has 1 fully saturated rings. The Balaban J connectivity index is 2.21. The van der Waals surface area contributed by atoms with E-state index in [0.29, 0.717) is 5.92 Å².